The van der Waals surface area contributed by atoms with Crippen molar-refractivity contribution >= 4 is 0 Å². The van der Waals surface area contributed by atoms with E-state index in [0.717, 1.165) is 55.6 Å². The van der Waals surface area contributed by atoms with Gasteiger partial charge in [-0.2, -0.15) is 0 Å². The molecule has 0 spiro atoms. The van der Waals surface area contributed by atoms with E-state index in [-0.39, 0.29) is 23.0 Å². The van der Waals surface area contributed by atoms with Crippen LogP contribution in [0.4, 0.5) is 0 Å². The number of phenolic OH excluding ortho intramolecular Hbond substituents is 4. The van der Waals surface area contributed by atoms with E-state index in [9.17, 15) is 20.4 Å². The fourth-order valence-corrected chi connectivity index (χ4v) is 4.99. The molecule has 0 aliphatic heterocycles. The highest BCUT2D eigenvalue weighted by atomic mass is 16.3. The summed E-state index contributed by atoms with van der Waals surface area (Å²) in [5, 5.41) is 42.5. The molecular weight excluding hydrogens is 460 g/mol. The Labute approximate surface area is 219 Å². The molecule has 0 aliphatic carbocycles. The van der Waals surface area contributed by atoms with Crippen molar-refractivity contribution in [3.05, 3.63) is 116 Å². The number of hydrogen-bond donors (Lipinski definition) is 4. The zero-order valence-electron chi connectivity index (χ0n) is 22.5. The van der Waals surface area contributed by atoms with Gasteiger partial charge in [0.2, 0.25) is 0 Å². The Kier molecular flexibility index (Phi) is 6.96. The van der Waals surface area contributed by atoms with Crippen LogP contribution in [0.1, 0.15) is 69.5 Å². The zero-order chi connectivity index (χ0) is 27.1. The molecule has 4 heteroatoms. The first-order valence-corrected chi connectivity index (χ1v) is 12.6. The molecule has 4 N–H and O–H groups in total. The summed E-state index contributed by atoms with van der Waals surface area (Å²) in [5.41, 5.74) is 8.30. The Morgan fingerprint density at radius 2 is 0.892 bits per heavy atom. The quantitative estimate of drug-likeness (QED) is 0.227. The lowest BCUT2D eigenvalue weighted by molar-refractivity contribution is 0.459. The van der Waals surface area contributed by atoms with Crippen LogP contribution >= 0.6 is 0 Å². The minimum Gasteiger partial charge on any atom is -0.508 e. The first kappa shape index (κ1) is 26.2. The molecule has 0 aromatic heterocycles. The van der Waals surface area contributed by atoms with Gasteiger partial charge in [-0.05, 0) is 84.3 Å². The third-order valence-electron chi connectivity index (χ3n) is 7.43. The maximum absolute atomic E-state index is 10.9. The molecule has 4 aromatic carbocycles. The molecule has 0 fully saturated rings. The van der Waals surface area contributed by atoms with E-state index in [0.29, 0.717) is 12.8 Å². The van der Waals surface area contributed by atoms with Gasteiger partial charge in [-0.3, -0.25) is 0 Å². The van der Waals surface area contributed by atoms with Crippen LogP contribution in [0.5, 0.6) is 23.0 Å². The average molecular weight is 497 g/mol. The molecule has 0 saturated carbocycles. The SMILES string of the molecule is Cc1ccc(O)c(Cc2cc(C(C)(C)c3cc(C)c(O)c(Cc4cc(C)ccc4O)c3)cc(C)c2O)c1. The number of benzene rings is 4. The van der Waals surface area contributed by atoms with Crippen LogP contribution in [0.2, 0.25) is 0 Å². The van der Waals surface area contributed by atoms with Gasteiger partial charge in [-0.25, -0.2) is 0 Å². The highest BCUT2D eigenvalue weighted by Crippen LogP contribution is 2.40. The Morgan fingerprint density at radius 1 is 0.514 bits per heavy atom. The minimum absolute atomic E-state index is 0.213. The van der Waals surface area contributed by atoms with Crippen molar-refractivity contribution in [3.63, 3.8) is 0 Å². The Morgan fingerprint density at radius 3 is 1.27 bits per heavy atom. The highest BCUT2D eigenvalue weighted by Gasteiger charge is 2.27. The van der Waals surface area contributed by atoms with Crippen molar-refractivity contribution in [1.82, 2.24) is 0 Å². The lowest BCUT2D eigenvalue weighted by Crippen LogP contribution is -2.20. The Balaban J connectivity index is 1.77. The van der Waals surface area contributed by atoms with Gasteiger partial charge in [-0.1, -0.05) is 73.5 Å². The summed E-state index contributed by atoms with van der Waals surface area (Å²) in [6, 6.07) is 19.0. The fourth-order valence-electron chi connectivity index (χ4n) is 4.99. The van der Waals surface area contributed by atoms with Gasteiger partial charge in [0, 0.05) is 18.3 Å². The van der Waals surface area contributed by atoms with Crippen LogP contribution in [0.15, 0.2) is 60.7 Å². The number of rotatable bonds is 6. The van der Waals surface area contributed by atoms with E-state index in [4.69, 9.17) is 0 Å². The number of hydrogen-bond acceptors (Lipinski definition) is 4. The van der Waals surface area contributed by atoms with Gasteiger partial charge < -0.3 is 20.4 Å². The summed E-state index contributed by atoms with van der Waals surface area (Å²) in [6.45, 7) is 12.0. The van der Waals surface area contributed by atoms with Crippen LogP contribution in [-0.2, 0) is 18.3 Å². The molecule has 192 valence electrons. The smallest absolute Gasteiger partial charge is 0.122 e. The highest BCUT2D eigenvalue weighted by molar-refractivity contribution is 5.54. The molecule has 0 unspecified atom stereocenters. The van der Waals surface area contributed by atoms with Gasteiger partial charge in [0.15, 0.2) is 0 Å². The molecule has 0 aliphatic rings. The van der Waals surface area contributed by atoms with Gasteiger partial charge in [0.1, 0.15) is 23.0 Å². The third-order valence-corrected chi connectivity index (χ3v) is 7.43. The number of aryl methyl sites for hydroxylation is 4. The molecule has 0 radical (unpaired) electrons. The van der Waals surface area contributed by atoms with Crippen LogP contribution in [0.3, 0.4) is 0 Å². The topological polar surface area (TPSA) is 80.9 Å². The van der Waals surface area contributed by atoms with E-state index < -0.39 is 5.41 Å². The molecule has 0 heterocycles. The summed E-state index contributed by atoms with van der Waals surface area (Å²) >= 11 is 0. The predicted octanol–water partition coefficient (Wildman–Crippen LogP) is 7.25. The van der Waals surface area contributed by atoms with E-state index >= 15 is 0 Å². The van der Waals surface area contributed by atoms with Gasteiger partial charge in [0.05, 0.1) is 0 Å². The van der Waals surface area contributed by atoms with E-state index in [1.807, 2.05) is 76.2 Å². The summed E-state index contributed by atoms with van der Waals surface area (Å²) in [4.78, 5) is 0. The fraction of sp³-hybridized carbons (Fsp3) is 0.273. The standard InChI is InChI=1S/C33H36O4/c1-19-7-9-29(34)23(11-19)15-25-17-27(13-21(3)31(25)36)33(5,6)28-14-22(4)32(37)26(18-28)16-24-12-20(2)8-10-30(24)35/h7-14,17-18,34-37H,15-16H2,1-6H3. The summed E-state index contributed by atoms with van der Waals surface area (Å²) in [6.07, 6.45) is 0.827. The molecule has 4 aromatic rings. The summed E-state index contributed by atoms with van der Waals surface area (Å²) in [7, 11) is 0. The van der Waals surface area contributed by atoms with Crippen molar-refractivity contribution < 1.29 is 20.4 Å². The Bertz CT molecular complexity index is 1370. The van der Waals surface area contributed by atoms with Crippen LogP contribution in [-0.4, -0.2) is 20.4 Å². The largest absolute Gasteiger partial charge is 0.508 e. The van der Waals surface area contributed by atoms with Gasteiger partial charge in [-0.15, -0.1) is 0 Å². The van der Waals surface area contributed by atoms with Crippen LogP contribution in [0.25, 0.3) is 0 Å². The van der Waals surface area contributed by atoms with E-state index in [1.54, 1.807) is 12.1 Å². The maximum atomic E-state index is 10.9. The Hall–Kier alpha value is -3.92. The van der Waals surface area contributed by atoms with Crippen molar-refractivity contribution in [1.29, 1.82) is 0 Å². The second kappa shape index (κ2) is 9.85. The zero-order valence-corrected chi connectivity index (χ0v) is 22.5. The van der Waals surface area contributed by atoms with E-state index in [2.05, 4.69) is 13.8 Å². The first-order chi connectivity index (χ1) is 17.4. The molecule has 4 rings (SSSR count). The average Bonchev–Trinajstić information content (AvgIpc) is 2.84. The molecule has 0 amide bonds. The second-order valence-corrected chi connectivity index (χ2v) is 10.8. The summed E-state index contributed by atoms with van der Waals surface area (Å²) < 4.78 is 0. The van der Waals surface area contributed by atoms with E-state index in [1.165, 1.54) is 0 Å². The minimum atomic E-state index is -0.441. The maximum Gasteiger partial charge on any atom is 0.122 e. The van der Waals surface area contributed by atoms with Crippen molar-refractivity contribution in [2.75, 3.05) is 0 Å². The lowest BCUT2D eigenvalue weighted by atomic mass is 9.75. The first-order valence-electron chi connectivity index (χ1n) is 12.6. The molecule has 0 saturated heterocycles. The monoisotopic (exact) mass is 496 g/mol. The van der Waals surface area contributed by atoms with Gasteiger partial charge >= 0.3 is 0 Å². The van der Waals surface area contributed by atoms with Crippen molar-refractivity contribution in [3.8, 4) is 23.0 Å². The summed E-state index contributed by atoms with van der Waals surface area (Å²) in [5.74, 6) is 0.895. The second-order valence-electron chi connectivity index (χ2n) is 10.8. The molecule has 0 atom stereocenters. The predicted molar refractivity (Wildman–Crippen MR) is 149 cm³/mol. The molecule has 0 bridgehead atoms. The van der Waals surface area contributed by atoms with Crippen LogP contribution in [0, 0.1) is 27.7 Å². The van der Waals surface area contributed by atoms with Crippen molar-refractivity contribution in [2.24, 2.45) is 0 Å². The molecule has 37 heavy (non-hydrogen) atoms. The van der Waals surface area contributed by atoms with Crippen molar-refractivity contribution in [2.45, 2.75) is 59.8 Å². The number of aromatic hydroxyl groups is 4. The lowest BCUT2D eigenvalue weighted by Gasteiger charge is -2.29. The third kappa shape index (κ3) is 5.29. The van der Waals surface area contributed by atoms with Crippen LogP contribution < -0.4 is 0 Å². The molecule has 4 nitrogen and oxygen atoms in total. The van der Waals surface area contributed by atoms with Gasteiger partial charge in [0.25, 0.3) is 0 Å². The number of phenols is 4. The normalized spacial score (nSPS) is 11.6. The molecular formula is C33H36O4.